The summed E-state index contributed by atoms with van der Waals surface area (Å²) in [5.74, 6) is -0.620. The fourth-order valence-electron chi connectivity index (χ4n) is 5.00. The van der Waals surface area contributed by atoms with Crippen LogP contribution in [0.25, 0.3) is 0 Å². The summed E-state index contributed by atoms with van der Waals surface area (Å²) in [4.78, 5) is 0. The van der Waals surface area contributed by atoms with E-state index in [1.54, 1.807) is 0 Å². The zero-order valence-electron chi connectivity index (χ0n) is 19.2. The third-order valence-electron chi connectivity index (χ3n) is 6.36. The Balaban J connectivity index is 1.67. The predicted octanol–water partition coefficient (Wildman–Crippen LogP) is 4.24. The van der Waals surface area contributed by atoms with Gasteiger partial charge in [-0.3, -0.25) is 0 Å². The van der Waals surface area contributed by atoms with Crippen LogP contribution in [0.1, 0.15) is 34.6 Å². The van der Waals surface area contributed by atoms with E-state index in [0.717, 1.165) is 0 Å². The maximum Gasteiger partial charge on any atom is 0.261 e. The molecule has 0 aromatic heterocycles. The molecule has 0 unspecified atom stereocenters. The first-order chi connectivity index (χ1) is 14.7. The number of benzene rings is 2. The zero-order chi connectivity index (χ0) is 22.3. The topological polar surface area (TPSA) is 36.9 Å². The van der Waals surface area contributed by atoms with E-state index in [-0.39, 0.29) is 29.5 Å². The molecule has 5 heteroatoms. The minimum absolute atomic E-state index is 0.0185. The Bertz CT molecular complexity index is 851. The molecule has 0 aliphatic carbocycles. The lowest BCUT2D eigenvalue weighted by molar-refractivity contribution is -0.210. The van der Waals surface area contributed by atoms with E-state index in [1.807, 2.05) is 19.9 Å². The highest BCUT2D eigenvalue weighted by Gasteiger charge is 2.55. The molecule has 2 heterocycles. The molecule has 0 bridgehead atoms. The molecule has 4 rings (SSSR count). The van der Waals surface area contributed by atoms with Gasteiger partial charge in [0.25, 0.3) is 8.32 Å². The average Bonchev–Trinajstić information content (AvgIpc) is 3.19. The summed E-state index contributed by atoms with van der Waals surface area (Å²) in [5, 5.41) is 2.44. The van der Waals surface area contributed by atoms with Crippen molar-refractivity contribution >= 4 is 18.7 Å². The molecular formula is C26H34O4Si. The number of hydrogen-bond acceptors (Lipinski definition) is 4. The molecule has 2 aromatic carbocycles. The highest BCUT2D eigenvalue weighted by molar-refractivity contribution is 6.99. The molecule has 2 saturated heterocycles. The minimum Gasteiger partial charge on any atom is -0.405 e. The Morgan fingerprint density at radius 2 is 1.52 bits per heavy atom. The van der Waals surface area contributed by atoms with Crippen molar-refractivity contribution in [3.63, 3.8) is 0 Å². The first kappa shape index (κ1) is 22.4. The molecule has 0 radical (unpaired) electrons. The summed E-state index contributed by atoms with van der Waals surface area (Å²) in [6.07, 6.45) is 1.23. The van der Waals surface area contributed by atoms with E-state index in [4.69, 9.17) is 18.6 Å². The quantitative estimate of drug-likeness (QED) is 0.499. The Kier molecular flexibility index (Phi) is 6.01. The molecule has 0 N–H and O–H groups in total. The minimum atomic E-state index is -2.62. The molecule has 2 fully saturated rings. The van der Waals surface area contributed by atoms with Crippen LogP contribution in [-0.4, -0.2) is 39.2 Å². The van der Waals surface area contributed by atoms with Crippen LogP contribution in [0.15, 0.2) is 73.3 Å². The van der Waals surface area contributed by atoms with Gasteiger partial charge in [-0.1, -0.05) is 87.5 Å². The van der Waals surface area contributed by atoms with Crippen LogP contribution < -0.4 is 10.4 Å². The van der Waals surface area contributed by atoms with E-state index in [1.165, 1.54) is 10.4 Å². The Morgan fingerprint density at radius 1 is 0.968 bits per heavy atom. The van der Waals surface area contributed by atoms with E-state index in [0.29, 0.717) is 6.61 Å². The van der Waals surface area contributed by atoms with Crippen LogP contribution in [0.3, 0.4) is 0 Å². The van der Waals surface area contributed by atoms with Gasteiger partial charge in [-0.05, 0) is 29.3 Å². The van der Waals surface area contributed by atoms with Crippen LogP contribution >= 0.6 is 0 Å². The van der Waals surface area contributed by atoms with Gasteiger partial charge in [0.2, 0.25) is 0 Å². The van der Waals surface area contributed by atoms with Gasteiger partial charge in [-0.2, -0.15) is 0 Å². The molecule has 4 atom stereocenters. The summed E-state index contributed by atoms with van der Waals surface area (Å²) in [6, 6.07) is 21.3. The van der Waals surface area contributed by atoms with Crippen LogP contribution in [0, 0.1) is 5.92 Å². The van der Waals surface area contributed by atoms with Crippen LogP contribution in [0.2, 0.25) is 5.04 Å². The van der Waals surface area contributed by atoms with E-state index in [2.05, 4.69) is 88.0 Å². The Hall–Kier alpha value is -1.76. The van der Waals surface area contributed by atoms with Gasteiger partial charge in [0, 0.05) is 5.92 Å². The third-order valence-corrected chi connectivity index (χ3v) is 11.4. The van der Waals surface area contributed by atoms with Gasteiger partial charge in [-0.15, -0.1) is 6.58 Å². The van der Waals surface area contributed by atoms with Crippen LogP contribution in [0.4, 0.5) is 0 Å². The van der Waals surface area contributed by atoms with Crippen molar-refractivity contribution in [1.29, 1.82) is 0 Å². The average molecular weight is 439 g/mol. The predicted molar refractivity (Wildman–Crippen MR) is 126 cm³/mol. The van der Waals surface area contributed by atoms with Gasteiger partial charge in [-0.25, -0.2) is 0 Å². The lowest BCUT2D eigenvalue weighted by Gasteiger charge is -2.43. The standard InChI is InChI=1S/C26H34O4Si/c1-7-21-22(28-24-23(21)29-26(5,6)30-24)18-27-31(25(2,3)4,19-14-10-8-11-15-19)20-16-12-9-13-17-20/h7-17,21-24H,1,18H2,2-6H3/t21-,22-,23-,24-/m1/s1. The molecule has 0 spiro atoms. The normalized spacial score (nSPS) is 27.8. The molecule has 2 aliphatic heterocycles. The number of fused-ring (bicyclic) bond motifs is 1. The second kappa shape index (κ2) is 8.30. The molecular weight excluding hydrogens is 404 g/mol. The first-order valence-electron chi connectivity index (χ1n) is 11.1. The van der Waals surface area contributed by atoms with Gasteiger partial charge in [0.05, 0.1) is 12.7 Å². The van der Waals surface area contributed by atoms with Gasteiger partial charge in [0.15, 0.2) is 12.1 Å². The van der Waals surface area contributed by atoms with Gasteiger partial charge in [0.1, 0.15) is 6.10 Å². The van der Waals surface area contributed by atoms with Gasteiger partial charge < -0.3 is 18.6 Å². The Morgan fingerprint density at radius 3 is 2.00 bits per heavy atom. The van der Waals surface area contributed by atoms with Crippen LogP contribution in [0.5, 0.6) is 0 Å². The number of ether oxygens (including phenoxy) is 3. The lowest BCUT2D eigenvalue weighted by Crippen LogP contribution is -2.67. The van der Waals surface area contributed by atoms with Crippen molar-refractivity contribution in [3.8, 4) is 0 Å². The Labute approximate surface area is 187 Å². The molecule has 2 aliphatic rings. The highest BCUT2D eigenvalue weighted by atomic mass is 28.4. The largest absolute Gasteiger partial charge is 0.405 e. The summed E-state index contributed by atoms with van der Waals surface area (Å²) >= 11 is 0. The fourth-order valence-corrected chi connectivity index (χ4v) is 9.57. The summed E-state index contributed by atoms with van der Waals surface area (Å²) in [6.45, 7) is 15.2. The molecule has 166 valence electrons. The second-order valence-electron chi connectivity index (χ2n) is 9.93. The van der Waals surface area contributed by atoms with E-state index in [9.17, 15) is 0 Å². The van der Waals surface area contributed by atoms with Crippen molar-refractivity contribution in [3.05, 3.63) is 73.3 Å². The van der Waals surface area contributed by atoms with E-state index < -0.39 is 14.1 Å². The smallest absolute Gasteiger partial charge is 0.261 e. The molecule has 0 amide bonds. The monoisotopic (exact) mass is 438 g/mol. The van der Waals surface area contributed by atoms with Crippen molar-refractivity contribution in [2.75, 3.05) is 6.61 Å². The van der Waals surface area contributed by atoms with Crippen LogP contribution in [-0.2, 0) is 18.6 Å². The number of rotatable bonds is 6. The van der Waals surface area contributed by atoms with E-state index >= 15 is 0 Å². The van der Waals surface area contributed by atoms with Crippen molar-refractivity contribution < 1.29 is 18.6 Å². The lowest BCUT2D eigenvalue weighted by atomic mass is 9.99. The SMILES string of the molecule is C=C[C@H]1[C@H]2OC(C)(C)O[C@H]2O[C@@H]1CO[Si](c1ccccc1)(c1ccccc1)C(C)(C)C. The van der Waals surface area contributed by atoms with Crippen molar-refractivity contribution in [2.45, 2.75) is 63.9 Å². The van der Waals surface area contributed by atoms with Crippen molar-refractivity contribution in [2.24, 2.45) is 5.92 Å². The fraction of sp³-hybridized carbons (Fsp3) is 0.462. The second-order valence-corrected chi connectivity index (χ2v) is 14.2. The van der Waals surface area contributed by atoms with Gasteiger partial charge >= 0.3 is 0 Å². The molecule has 31 heavy (non-hydrogen) atoms. The summed E-state index contributed by atoms with van der Waals surface area (Å²) in [5.41, 5.74) is 0. The highest BCUT2D eigenvalue weighted by Crippen LogP contribution is 2.42. The maximum absolute atomic E-state index is 7.05. The number of hydrogen-bond donors (Lipinski definition) is 0. The third kappa shape index (κ3) is 4.05. The van der Waals surface area contributed by atoms with Crippen molar-refractivity contribution in [1.82, 2.24) is 0 Å². The summed E-state index contributed by atoms with van der Waals surface area (Å²) in [7, 11) is -2.62. The molecule has 4 nitrogen and oxygen atoms in total. The zero-order valence-corrected chi connectivity index (χ0v) is 20.2. The maximum atomic E-state index is 7.05. The molecule has 2 aromatic rings. The summed E-state index contributed by atoms with van der Waals surface area (Å²) < 4.78 is 25.4. The molecule has 0 saturated carbocycles. The first-order valence-corrected chi connectivity index (χ1v) is 13.0.